The zero-order chi connectivity index (χ0) is 16.2. The minimum atomic E-state index is -0.451. The van der Waals surface area contributed by atoms with Gasteiger partial charge in [-0.05, 0) is 49.6 Å². The fraction of sp³-hybridized carbons (Fsp3) is 0.294. The zero-order valence-electron chi connectivity index (χ0n) is 12.8. The van der Waals surface area contributed by atoms with Gasteiger partial charge in [0.2, 0.25) is 0 Å². The monoisotopic (exact) mass is 312 g/mol. The van der Waals surface area contributed by atoms with Crippen molar-refractivity contribution in [2.45, 2.75) is 19.3 Å². The van der Waals surface area contributed by atoms with Gasteiger partial charge in [0, 0.05) is 25.0 Å². The SMILES string of the molecule is NC(=O)c1ccc(NC(=O)c2ccc[nH]2)cc1N1CCCCC1. The average molecular weight is 312 g/mol. The summed E-state index contributed by atoms with van der Waals surface area (Å²) in [5.41, 5.74) is 7.91. The summed E-state index contributed by atoms with van der Waals surface area (Å²) >= 11 is 0. The number of nitrogens with zero attached hydrogens (tertiary/aromatic N) is 1. The van der Waals surface area contributed by atoms with E-state index >= 15 is 0 Å². The smallest absolute Gasteiger partial charge is 0.272 e. The molecule has 3 rings (SSSR count). The molecule has 1 saturated heterocycles. The highest BCUT2D eigenvalue weighted by Crippen LogP contribution is 2.27. The minimum absolute atomic E-state index is 0.216. The molecule has 0 aliphatic carbocycles. The van der Waals surface area contributed by atoms with Crippen LogP contribution in [-0.4, -0.2) is 29.9 Å². The maximum absolute atomic E-state index is 12.1. The number of hydrogen-bond donors (Lipinski definition) is 3. The Kier molecular flexibility index (Phi) is 4.32. The molecular weight excluding hydrogens is 292 g/mol. The number of primary amides is 1. The summed E-state index contributed by atoms with van der Waals surface area (Å²) in [6.07, 6.45) is 5.09. The third-order valence-corrected chi connectivity index (χ3v) is 4.06. The number of H-pyrrole nitrogens is 1. The number of aromatic nitrogens is 1. The Morgan fingerprint density at radius 3 is 2.57 bits per heavy atom. The van der Waals surface area contributed by atoms with E-state index in [2.05, 4.69) is 15.2 Å². The van der Waals surface area contributed by atoms with E-state index in [0.717, 1.165) is 31.6 Å². The highest BCUT2D eigenvalue weighted by Gasteiger charge is 2.18. The predicted octanol–water partition coefficient (Wildman–Crippen LogP) is 2.36. The summed E-state index contributed by atoms with van der Waals surface area (Å²) in [7, 11) is 0. The molecule has 23 heavy (non-hydrogen) atoms. The Hall–Kier alpha value is -2.76. The quantitative estimate of drug-likeness (QED) is 0.809. The maximum Gasteiger partial charge on any atom is 0.272 e. The first kappa shape index (κ1) is 15.1. The number of rotatable bonds is 4. The Labute approximate surface area is 134 Å². The average Bonchev–Trinajstić information content (AvgIpc) is 3.10. The molecule has 6 heteroatoms. The molecule has 120 valence electrons. The van der Waals surface area contributed by atoms with Crippen LogP contribution in [0.3, 0.4) is 0 Å². The van der Waals surface area contributed by atoms with E-state index < -0.39 is 5.91 Å². The first-order chi connectivity index (χ1) is 11.1. The molecule has 0 bridgehead atoms. The van der Waals surface area contributed by atoms with Crippen LogP contribution in [0.4, 0.5) is 11.4 Å². The molecule has 2 amide bonds. The van der Waals surface area contributed by atoms with E-state index in [4.69, 9.17) is 5.73 Å². The van der Waals surface area contributed by atoms with Crippen molar-refractivity contribution in [1.29, 1.82) is 0 Å². The van der Waals surface area contributed by atoms with E-state index in [1.807, 2.05) is 6.07 Å². The van der Waals surface area contributed by atoms with E-state index in [1.165, 1.54) is 6.42 Å². The molecular formula is C17H20N4O2. The standard InChI is InChI=1S/C17H20N4O2/c18-16(22)13-7-6-12(20-17(23)14-5-4-8-19-14)11-15(13)21-9-2-1-3-10-21/h4-8,11,19H,1-3,9-10H2,(H2,18,22)(H,20,23). The van der Waals surface area contributed by atoms with Crippen molar-refractivity contribution < 1.29 is 9.59 Å². The third-order valence-electron chi connectivity index (χ3n) is 4.06. The van der Waals surface area contributed by atoms with Crippen LogP contribution >= 0.6 is 0 Å². The van der Waals surface area contributed by atoms with Crippen LogP contribution in [0.2, 0.25) is 0 Å². The highest BCUT2D eigenvalue weighted by atomic mass is 16.2. The number of carbonyl (C=O) groups excluding carboxylic acids is 2. The van der Waals surface area contributed by atoms with Gasteiger partial charge in [-0.2, -0.15) is 0 Å². The number of nitrogens with one attached hydrogen (secondary N) is 2. The summed E-state index contributed by atoms with van der Waals surface area (Å²) < 4.78 is 0. The molecule has 1 aromatic carbocycles. The molecule has 2 heterocycles. The molecule has 0 radical (unpaired) electrons. The van der Waals surface area contributed by atoms with E-state index in [9.17, 15) is 9.59 Å². The van der Waals surface area contributed by atoms with Crippen molar-refractivity contribution in [3.63, 3.8) is 0 Å². The van der Waals surface area contributed by atoms with E-state index in [0.29, 0.717) is 16.9 Å². The normalized spacial score (nSPS) is 14.5. The summed E-state index contributed by atoms with van der Waals surface area (Å²) in [6.45, 7) is 1.79. The molecule has 1 aliphatic rings. The van der Waals surface area contributed by atoms with Crippen molar-refractivity contribution in [1.82, 2.24) is 4.98 Å². The molecule has 0 atom stereocenters. The first-order valence-electron chi connectivity index (χ1n) is 7.79. The van der Waals surface area contributed by atoms with Gasteiger partial charge in [-0.25, -0.2) is 0 Å². The molecule has 1 aromatic heterocycles. The van der Waals surface area contributed by atoms with Gasteiger partial charge in [0.05, 0.1) is 11.3 Å². The first-order valence-corrected chi connectivity index (χ1v) is 7.79. The lowest BCUT2D eigenvalue weighted by Crippen LogP contribution is -2.31. The molecule has 1 fully saturated rings. The van der Waals surface area contributed by atoms with Gasteiger partial charge in [0.15, 0.2) is 0 Å². The lowest BCUT2D eigenvalue weighted by molar-refractivity contribution is 0.0998. The molecule has 2 aromatic rings. The molecule has 0 unspecified atom stereocenters. The van der Waals surface area contributed by atoms with Crippen LogP contribution in [0.15, 0.2) is 36.5 Å². The number of nitrogens with two attached hydrogens (primary N) is 1. The minimum Gasteiger partial charge on any atom is -0.371 e. The number of aromatic amines is 1. The number of benzene rings is 1. The maximum atomic E-state index is 12.1. The topological polar surface area (TPSA) is 91.2 Å². The summed E-state index contributed by atoms with van der Waals surface area (Å²) in [6, 6.07) is 8.68. The van der Waals surface area contributed by atoms with E-state index in [-0.39, 0.29) is 5.91 Å². The Bertz CT molecular complexity index is 703. The van der Waals surface area contributed by atoms with Crippen LogP contribution in [0.25, 0.3) is 0 Å². The molecule has 6 nitrogen and oxygen atoms in total. The lowest BCUT2D eigenvalue weighted by Gasteiger charge is -2.30. The van der Waals surface area contributed by atoms with Crippen molar-refractivity contribution in [3.05, 3.63) is 47.8 Å². The third kappa shape index (κ3) is 3.36. The number of amides is 2. The number of hydrogen-bond acceptors (Lipinski definition) is 3. The summed E-state index contributed by atoms with van der Waals surface area (Å²) in [4.78, 5) is 28.9. The number of piperidine rings is 1. The molecule has 4 N–H and O–H groups in total. The van der Waals surface area contributed by atoms with Crippen molar-refractivity contribution >= 4 is 23.2 Å². The van der Waals surface area contributed by atoms with E-state index in [1.54, 1.807) is 30.5 Å². The van der Waals surface area contributed by atoms with Crippen LogP contribution in [0, 0.1) is 0 Å². The summed E-state index contributed by atoms with van der Waals surface area (Å²) in [5.74, 6) is -0.667. The second-order valence-electron chi connectivity index (χ2n) is 5.68. The van der Waals surface area contributed by atoms with Crippen LogP contribution < -0.4 is 16.0 Å². The van der Waals surface area contributed by atoms with Crippen LogP contribution in [0.5, 0.6) is 0 Å². The van der Waals surface area contributed by atoms with Gasteiger partial charge in [0.25, 0.3) is 11.8 Å². The predicted molar refractivity (Wildman–Crippen MR) is 89.8 cm³/mol. The van der Waals surface area contributed by atoms with Crippen LogP contribution in [-0.2, 0) is 0 Å². The van der Waals surface area contributed by atoms with Gasteiger partial charge >= 0.3 is 0 Å². The highest BCUT2D eigenvalue weighted by molar-refractivity contribution is 6.04. The Balaban J connectivity index is 1.87. The van der Waals surface area contributed by atoms with Gasteiger partial charge in [-0.15, -0.1) is 0 Å². The second kappa shape index (κ2) is 6.56. The fourth-order valence-corrected chi connectivity index (χ4v) is 2.88. The van der Waals surface area contributed by atoms with Crippen molar-refractivity contribution in [2.75, 3.05) is 23.3 Å². The zero-order valence-corrected chi connectivity index (χ0v) is 12.8. The summed E-state index contributed by atoms with van der Waals surface area (Å²) in [5, 5.41) is 2.84. The second-order valence-corrected chi connectivity index (χ2v) is 5.68. The number of anilines is 2. The molecule has 0 saturated carbocycles. The van der Waals surface area contributed by atoms with Gasteiger partial charge in [-0.1, -0.05) is 0 Å². The Morgan fingerprint density at radius 1 is 1.13 bits per heavy atom. The van der Waals surface area contributed by atoms with Crippen LogP contribution in [0.1, 0.15) is 40.1 Å². The van der Waals surface area contributed by atoms with Gasteiger partial charge in [-0.3, -0.25) is 9.59 Å². The lowest BCUT2D eigenvalue weighted by atomic mass is 10.1. The molecule has 0 spiro atoms. The largest absolute Gasteiger partial charge is 0.371 e. The Morgan fingerprint density at radius 2 is 1.91 bits per heavy atom. The fourth-order valence-electron chi connectivity index (χ4n) is 2.88. The van der Waals surface area contributed by atoms with Crippen molar-refractivity contribution in [3.8, 4) is 0 Å². The number of carbonyl (C=O) groups is 2. The molecule has 1 aliphatic heterocycles. The van der Waals surface area contributed by atoms with Gasteiger partial charge in [0.1, 0.15) is 5.69 Å². The van der Waals surface area contributed by atoms with Gasteiger partial charge < -0.3 is 20.9 Å². The van der Waals surface area contributed by atoms with Crippen molar-refractivity contribution in [2.24, 2.45) is 5.73 Å².